The summed E-state index contributed by atoms with van der Waals surface area (Å²) >= 11 is 6.02. The second-order valence-electron chi connectivity index (χ2n) is 2.64. The highest BCUT2D eigenvalue weighted by Crippen LogP contribution is 2.27. The lowest BCUT2D eigenvalue weighted by Crippen LogP contribution is -1.96. The minimum atomic E-state index is 0.589. The van der Waals surface area contributed by atoms with Gasteiger partial charge in [0.05, 0.1) is 11.6 Å². The summed E-state index contributed by atoms with van der Waals surface area (Å²) in [7, 11) is 0. The Balaban J connectivity index is 2.87. The van der Waals surface area contributed by atoms with Crippen LogP contribution in [0.1, 0.15) is 18.9 Å². The Labute approximate surface area is 84.0 Å². The molecule has 0 atom stereocenters. The molecular formula is C11H12ClO. The summed E-state index contributed by atoms with van der Waals surface area (Å²) in [5, 5.41) is 0.589. The van der Waals surface area contributed by atoms with E-state index >= 15 is 0 Å². The first-order valence-corrected chi connectivity index (χ1v) is 4.61. The Morgan fingerprint density at radius 3 is 2.92 bits per heavy atom. The zero-order chi connectivity index (χ0) is 9.68. The molecule has 0 amide bonds. The summed E-state index contributed by atoms with van der Waals surface area (Å²) in [5.41, 5.74) is 0.787. The number of benzene rings is 1. The van der Waals surface area contributed by atoms with Gasteiger partial charge in [0.25, 0.3) is 0 Å². The van der Waals surface area contributed by atoms with Crippen molar-refractivity contribution in [1.82, 2.24) is 0 Å². The van der Waals surface area contributed by atoms with E-state index in [-0.39, 0.29) is 0 Å². The lowest BCUT2D eigenvalue weighted by molar-refractivity contribution is 0.317. The molecule has 0 aliphatic carbocycles. The predicted molar refractivity (Wildman–Crippen MR) is 55.2 cm³/mol. The summed E-state index contributed by atoms with van der Waals surface area (Å²) in [6.45, 7) is 6.28. The molecular weight excluding hydrogens is 184 g/mol. The van der Waals surface area contributed by atoms with Crippen molar-refractivity contribution in [3.63, 3.8) is 0 Å². The van der Waals surface area contributed by atoms with Crippen molar-refractivity contribution in [3.8, 4) is 5.75 Å². The lowest BCUT2D eigenvalue weighted by Gasteiger charge is -2.07. The van der Waals surface area contributed by atoms with E-state index in [1.807, 2.05) is 18.2 Å². The van der Waals surface area contributed by atoms with E-state index in [0.717, 1.165) is 12.0 Å². The third-order valence-electron chi connectivity index (χ3n) is 1.62. The van der Waals surface area contributed by atoms with E-state index in [1.54, 1.807) is 0 Å². The van der Waals surface area contributed by atoms with Gasteiger partial charge in [-0.05, 0) is 18.6 Å². The lowest BCUT2D eigenvalue weighted by atomic mass is 10.2. The van der Waals surface area contributed by atoms with E-state index < -0.39 is 0 Å². The maximum Gasteiger partial charge on any atom is 0.138 e. The van der Waals surface area contributed by atoms with Crippen molar-refractivity contribution in [1.29, 1.82) is 0 Å². The molecule has 0 heterocycles. The van der Waals surface area contributed by atoms with Crippen LogP contribution in [0, 0.1) is 6.08 Å². The van der Waals surface area contributed by atoms with E-state index in [0.29, 0.717) is 17.4 Å². The molecule has 2 heteroatoms. The van der Waals surface area contributed by atoms with Crippen LogP contribution in [0.15, 0.2) is 24.8 Å². The summed E-state index contributed by atoms with van der Waals surface area (Å²) in [4.78, 5) is 0. The molecule has 13 heavy (non-hydrogen) atoms. The molecule has 69 valence electrons. The van der Waals surface area contributed by atoms with Gasteiger partial charge in [-0.3, -0.25) is 0 Å². The third-order valence-corrected chi connectivity index (χ3v) is 2.01. The van der Waals surface area contributed by atoms with Gasteiger partial charge in [-0.1, -0.05) is 37.2 Å². The summed E-state index contributed by atoms with van der Waals surface area (Å²) in [6.07, 6.45) is 3.72. The van der Waals surface area contributed by atoms with Crippen LogP contribution in [-0.2, 0) is 0 Å². The van der Waals surface area contributed by atoms with Crippen molar-refractivity contribution in [2.24, 2.45) is 0 Å². The Bertz CT molecular complexity index is 294. The van der Waals surface area contributed by atoms with E-state index in [4.69, 9.17) is 16.3 Å². The first-order valence-electron chi connectivity index (χ1n) is 4.24. The Morgan fingerprint density at radius 1 is 1.54 bits per heavy atom. The molecule has 0 saturated heterocycles. The van der Waals surface area contributed by atoms with Gasteiger partial charge in [-0.2, -0.15) is 0 Å². The quantitative estimate of drug-likeness (QED) is 0.715. The van der Waals surface area contributed by atoms with Crippen molar-refractivity contribution in [2.75, 3.05) is 6.61 Å². The van der Waals surface area contributed by atoms with E-state index in [1.165, 1.54) is 0 Å². The highest BCUT2D eigenvalue weighted by Gasteiger charge is 2.03. The van der Waals surface area contributed by atoms with Gasteiger partial charge in [0.2, 0.25) is 0 Å². The molecule has 0 bridgehead atoms. The number of hydrogen-bond acceptors (Lipinski definition) is 1. The second-order valence-corrected chi connectivity index (χ2v) is 3.02. The zero-order valence-corrected chi connectivity index (χ0v) is 8.40. The first kappa shape index (κ1) is 10.1. The number of hydrogen-bond donors (Lipinski definition) is 0. The molecule has 1 nitrogen and oxygen atoms in total. The van der Waals surface area contributed by atoms with E-state index in [2.05, 4.69) is 19.6 Å². The van der Waals surface area contributed by atoms with Crippen molar-refractivity contribution in [2.45, 2.75) is 13.3 Å². The normalized spacial score (nSPS) is 9.69. The smallest absolute Gasteiger partial charge is 0.138 e. The van der Waals surface area contributed by atoms with Crippen molar-refractivity contribution in [3.05, 3.63) is 41.4 Å². The maximum absolute atomic E-state index is 6.02. The molecule has 0 aliphatic heterocycles. The van der Waals surface area contributed by atoms with Crippen LogP contribution in [0.3, 0.4) is 0 Å². The van der Waals surface area contributed by atoms with Crippen LogP contribution in [-0.4, -0.2) is 6.61 Å². The maximum atomic E-state index is 6.02. The van der Waals surface area contributed by atoms with Gasteiger partial charge >= 0.3 is 0 Å². The number of rotatable bonds is 4. The van der Waals surface area contributed by atoms with Gasteiger partial charge in [-0.15, -0.1) is 0 Å². The van der Waals surface area contributed by atoms with Crippen LogP contribution in [0.25, 0.3) is 0 Å². The standard InChI is InChI=1S/C11H12ClO/c1-3-8-13-10-7-5-6-9(4-2)11(10)12/h5-7H,2-3,8H2,1H3. The molecule has 0 aliphatic rings. The number of halogens is 1. The topological polar surface area (TPSA) is 9.23 Å². The van der Waals surface area contributed by atoms with Crippen LogP contribution < -0.4 is 4.74 Å². The molecule has 0 N–H and O–H groups in total. The Kier molecular flexibility index (Phi) is 3.84. The number of ether oxygens (including phenoxy) is 1. The fraction of sp³-hybridized carbons (Fsp3) is 0.273. The first-order chi connectivity index (χ1) is 6.29. The molecule has 1 radical (unpaired) electrons. The largest absolute Gasteiger partial charge is 0.492 e. The van der Waals surface area contributed by atoms with Gasteiger partial charge in [0, 0.05) is 5.56 Å². The average Bonchev–Trinajstić information content (AvgIpc) is 2.16. The van der Waals surface area contributed by atoms with Gasteiger partial charge in [0.1, 0.15) is 5.75 Å². The molecule has 0 spiro atoms. The molecule has 1 aromatic rings. The van der Waals surface area contributed by atoms with Gasteiger partial charge < -0.3 is 4.74 Å². The molecule has 1 aromatic carbocycles. The molecule has 0 aromatic heterocycles. The average molecular weight is 196 g/mol. The van der Waals surface area contributed by atoms with Crippen LogP contribution in [0.5, 0.6) is 5.75 Å². The SMILES string of the molecule is C=[C]c1cccc(OCCC)c1Cl. The minimum Gasteiger partial charge on any atom is -0.492 e. The monoisotopic (exact) mass is 195 g/mol. The molecule has 0 saturated carbocycles. The Morgan fingerprint density at radius 2 is 2.31 bits per heavy atom. The van der Waals surface area contributed by atoms with Gasteiger partial charge in [-0.25, -0.2) is 0 Å². The van der Waals surface area contributed by atoms with Crippen LogP contribution in [0.4, 0.5) is 0 Å². The highest BCUT2D eigenvalue weighted by atomic mass is 35.5. The fourth-order valence-corrected chi connectivity index (χ4v) is 1.22. The minimum absolute atomic E-state index is 0.589. The summed E-state index contributed by atoms with van der Waals surface area (Å²) in [6, 6.07) is 5.58. The molecule has 0 unspecified atom stereocenters. The third kappa shape index (κ3) is 2.49. The van der Waals surface area contributed by atoms with Crippen LogP contribution >= 0.6 is 11.6 Å². The predicted octanol–water partition coefficient (Wildman–Crippen LogP) is 3.47. The molecule has 1 rings (SSSR count). The fourth-order valence-electron chi connectivity index (χ4n) is 0.971. The second kappa shape index (κ2) is 4.93. The van der Waals surface area contributed by atoms with Gasteiger partial charge in [0.15, 0.2) is 0 Å². The molecule has 0 fully saturated rings. The summed E-state index contributed by atoms with van der Waals surface area (Å²) in [5.74, 6) is 0.706. The highest BCUT2D eigenvalue weighted by molar-refractivity contribution is 6.33. The Hall–Kier alpha value is -0.950. The zero-order valence-electron chi connectivity index (χ0n) is 7.64. The van der Waals surface area contributed by atoms with Crippen molar-refractivity contribution < 1.29 is 4.74 Å². The van der Waals surface area contributed by atoms with Crippen molar-refractivity contribution >= 4 is 11.6 Å². The summed E-state index contributed by atoms with van der Waals surface area (Å²) < 4.78 is 5.43. The van der Waals surface area contributed by atoms with Crippen LogP contribution in [0.2, 0.25) is 5.02 Å². The van der Waals surface area contributed by atoms with E-state index in [9.17, 15) is 0 Å².